The lowest BCUT2D eigenvalue weighted by Crippen LogP contribution is -2.03. The van der Waals surface area contributed by atoms with Crippen LogP contribution in [0.1, 0.15) is 5.82 Å². The Balaban J connectivity index is 1.76. The first kappa shape index (κ1) is 13.5. The number of ether oxygens (including phenoxy) is 1. The monoisotopic (exact) mass is 295 g/mol. The molecule has 3 rings (SSSR count). The predicted octanol–water partition coefficient (Wildman–Crippen LogP) is 3.89. The number of thiocarbonyl (C=S) groups is 1. The van der Waals surface area contributed by atoms with E-state index in [-0.39, 0.29) is 0 Å². The second-order valence-corrected chi connectivity index (χ2v) is 4.74. The Kier molecular flexibility index (Phi) is 3.77. The van der Waals surface area contributed by atoms with Gasteiger partial charge in [-0.05, 0) is 48.6 Å². The summed E-state index contributed by atoms with van der Waals surface area (Å²) in [6, 6.07) is 15.4. The molecule has 2 aromatic carbocycles. The number of aromatic nitrogens is 2. The van der Waals surface area contributed by atoms with Crippen LogP contribution in [0.4, 0.5) is 5.69 Å². The molecule has 0 atom stereocenters. The minimum absolute atomic E-state index is 0.418. The molecule has 0 N–H and O–H groups in total. The smallest absolute Gasteiger partial charge is 0.147 e. The normalized spacial score (nSPS) is 10.3. The second-order valence-electron chi connectivity index (χ2n) is 4.56. The first-order chi connectivity index (χ1) is 10.3. The van der Waals surface area contributed by atoms with E-state index in [1.54, 1.807) is 0 Å². The number of imidazole rings is 1. The molecule has 0 bridgehead atoms. The van der Waals surface area contributed by atoms with Crippen molar-refractivity contribution in [3.63, 3.8) is 0 Å². The maximum Gasteiger partial charge on any atom is 0.147 e. The molecule has 0 radical (unpaired) electrons. The largest absolute Gasteiger partial charge is 0.486 e. The fraction of sp³-hybridized carbons (Fsp3) is 0.125. The second kappa shape index (κ2) is 5.87. The van der Waals surface area contributed by atoms with Crippen LogP contribution >= 0.6 is 12.2 Å². The van der Waals surface area contributed by atoms with Crippen molar-refractivity contribution >= 4 is 34.1 Å². The number of aliphatic imine (C=N–C) groups is 1. The van der Waals surface area contributed by atoms with Crippen LogP contribution in [0.5, 0.6) is 5.75 Å². The molecule has 21 heavy (non-hydrogen) atoms. The molecule has 0 amide bonds. The summed E-state index contributed by atoms with van der Waals surface area (Å²) < 4.78 is 7.81. The molecule has 0 aliphatic heterocycles. The molecule has 0 saturated heterocycles. The fourth-order valence-corrected chi connectivity index (χ4v) is 2.25. The van der Waals surface area contributed by atoms with Gasteiger partial charge in [0.15, 0.2) is 0 Å². The van der Waals surface area contributed by atoms with E-state index < -0.39 is 0 Å². The molecule has 1 heterocycles. The molecule has 3 aromatic rings. The highest BCUT2D eigenvalue weighted by molar-refractivity contribution is 7.78. The highest BCUT2D eigenvalue weighted by Gasteiger charge is 2.07. The van der Waals surface area contributed by atoms with E-state index in [1.165, 1.54) is 0 Å². The number of rotatable bonds is 4. The quantitative estimate of drug-likeness (QED) is 0.541. The molecule has 0 aliphatic rings. The molecule has 1 aromatic heterocycles. The standard InChI is InChI=1S/C16H13N3OS/c1-19-15-5-3-2-4-14(15)18-16(19)10-20-13-8-6-12(7-9-13)17-11-21/h2-9H,10H2,1H3. The summed E-state index contributed by atoms with van der Waals surface area (Å²) >= 11 is 4.57. The predicted molar refractivity (Wildman–Crippen MR) is 86.2 cm³/mol. The molecule has 0 unspecified atom stereocenters. The fourth-order valence-electron chi connectivity index (χ4n) is 2.14. The van der Waals surface area contributed by atoms with Crippen molar-refractivity contribution in [3.8, 4) is 5.75 Å². The summed E-state index contributed by atoms with van der Waals surface area (Å²) in [5, 5.41) is 2.34. The number of aryl methyl sites for hydroxylation is 1. The van der Waals surface area contributed by atoms with Crippen molar-refractivity contribution in [3.05, 3.63) is 54.4 Å². The zero-order valence-corrected chi connectivity index (χ0v) is 12.3. The van der Waals surface area contributed by atoms with Gasteiger partial charge >= 0.3 is 0 Å². The van der Waals surface area contributed by atoms with Gasteiger partial charge < -0.3 is 9.30 Å². The van der Waals surface area contributed by atoms with Crippen molar-refractivity contribution < 1.29 is 4.74 Å². The molecule has 5 heteroatoms. The lowest BCUT2D eigenvalue weighted by Gasteiger charge is -2.06. The van der Waals surface area contributed by atoms with Crippen LogP contribution < -0.4 is 4.74 Å². The molecular formula is C16H13N3OS. The van der Waals surface area contributed by atoms with Gasteiger partial charge in [-0.2, -0.15) is 4.99 Å². The van der Waals surface area contributed by atoms with Crippen LogP contribution in [0.25, 0.3) is 11.0 Å². The highest BCUT2D eigenvalue weighted by atomic mass is 32.1. The highest BCUT2D eigenvalue weighted by Crippen LogP contribution is 2.20. The van der Waals surface area contributed by atoms with Crippen molar-refractivity contribution in [2.24, 2.45) is 12.0 Å². The van der Waals surface area contributed by atoms with Crippen LogP contribution in [0.2, 0.25) is 0 Å². The first-order valence-electron chi connectivity index (χ1n) is 6.49. The summed E-state index contributed by atoms with van der Waals surface area (Å²) in [6.07, 6.45) is 0. The van der Waals surface area contributed by atoms with Crippen molar-refractivity contribution in [1.82, 2.24) is 9.55 Å². The number of fused-ring (bicyclic) bond motifs is 1. The van der Waals surface area contributed by atoms with Crippen LogP contribution in [0, 0.1) is 0 Å². The molecule has 0 saturated carbocycles. The third-order valence-electron chi connectivity index (χ3n) is 3.26. The lowest BCUT2D eigenvalue weighted by molar-refractivity contribution is 0.292. The minimum Gasteiger partial charge on any atom is -0.486 e. The summed E-state index contributed by atoms with van der Waals surface area (Å²) in [4.78, 5) is 8.47. The molecule has 0 aliphatic carbocycles. The van der Waals surface area contributed by atoms with Crippen molar-refractivity contribution in [2.75, 3.05) is 0 Å². The summed E-state index contributed by atoms with van der Waals surface area (Å²) in [6.45, 7) is 0.418. The van der Waals surface area contributed by atoms with E-state index in [0.29, 0.717) is 6.61 Å². The molecule has 0 fully saturated rings. The van der Waals surface area contributed by atoms with E-state index in [2.05, 4.69) is 27.4 Å². The van der Waals surface area contributed by atoms with Crippen molar-refractivity contribution in [1.29, 1.82) is 0 Å². The number of isothiocyanates is 1. The summed E-state index contributed by atoms with van der Waals surface area (Å²) in [5.41, 5.74) is 2.84. The zero-order chi connectivity index (χ0) is 14.7. The third kappa shape index (κ3) is 2.84. The molecule has 104 valence electrons. The van der Waals surface area contributed by atoms with Crippen LogP contribution in [-0.2, 0) is 13.7 Å². The molecule has 0 spiro atoms. The maximum absolute atomic E-state index is 5.76. The maximum atomic E-state index is 5.76. The average Bonchev–Trinajstić information content (AvgIpc) is 2.84. The summed E-state index contributed by atoms with van der Waals surface area (Å²) in [5.74, 6) is 1.66. The summed E-state index contributed by atoms with van der Waals surface area (Å²) in [7, 11) is 1.99. The van der Waals surface area contributed by atoms with Crippen LogP contribution in [0.3, 0.4) is 0 Å². The number of hydrogen-bond donors (Lipinski definition) is 0. The molecular weight excluding hydrogens is 282 g/mol. The van der Waals surface area contributed by atoms with E-state index >= 15 is 0 Å². The Bertz CT molecular complexity index is 817. The van der Waals surface area contributed by atoms with Gasteiger partial charge in [-0.1, -0.05) is 12.1 Å². The Morgan fingerprint density at radius 1 is 1.19 bits per heavy atom. The van der Waals surface area contributed by atoms with E-state index in [1.807, 2.05) is 60.1 Å². The van der Waals surface area contributed by atoms with Crippen LogP contribution in [0.15, 0.2) is 53.5 Å². The molecule has 4 nitrogen and oxygen atoms in total. The van der Waals surface area contributed by atoms with Gasteiger partial charge in [0.2, 0.25) is 0 Å². The number of benzene rings is 2. The first-order valence-corrected chi connectivity index (χ1v) is 6.90. The number of hydrogen-bond acceptors (Lipinski definition) is 4. The van der Waals surface area contributed by atoms with Gasteiger partial charge in [-0.3, -0.25) is 0 Å². The third-order valence-corrected chi connectivity index (χ3v) is 3.35. The van der Waals surface area contributed by atoms with Crippen molar-refractivity contribution in [2.45, 2.75) is 6.61 Å². The van der Waals surface area contributed by atoms with Crippen LogP contribution in [-0.4, -0.2) is 14.7 Å². The SMILES string of the molecule is Cn1c(COc2ccc(N=C=S)cc2)nc2ccccc21. The van der Waals surface area contributed by atoms with Gasteiger partial charge in [0.25, 0.3) is 0 Å². The number of para-hydroxylation sites is 2. The van der Waals surface area contributed by atoms with E-state index in [4.69, 9.17) is 4.74 Å². The van der Waals surface area contributed by atoms with Gasteiger partial charge in [0.05, 0.1) is 21.9 Å². The van der Waals surface area contributed by atoms with Gasteiger partial charge in [0.1, 0.15) is 18.2 Å². The lowest BCUT2D eigenvalue weighted by atomic mass is 10.3. The van der Waals surface area contributed by atoms with E-state index in [9.17, 15) is 0 Å². The Hall–Kier alpha value is -2.49. The Morgan fingerprint density at radius 2 is 1.95 bits per heavy atom. The zero-order valence-electron chi connectivity index (χ0n) is 11.5. The Labute approximate surface area is 127 Å². The van der Waals surface area contributed by atoms with Gasteiger partial charge in [-0.15, -0.1) is 0 Å². The van der Waals surface area contributed by atoms with Gasteiger partial charge in [-0.25, -0.2) is 4.98 Å². The van der Waals surface area contributed by atoms with E-state index in [0.717, 1.165) is 28.3 Å². The Morgan fingerprint density at radius 3 is 2.67 bits per heavy atom. The number of nitrogens with zero attached hydrogens (tertiary/aromatic N) is 3. The van der Waals surface area contributed by atoms with Gasteiger partial charge in [0, 0.05) is 7.05 Å². The topological polar surface area (TPSA) is 39.4 Å². The minimum atomic E-state index is 0.418. The average molecular weight is 295 g/mol.